The molecule has 0 bridgehead atoms. The van der Waals surface area contributed by atoms with Crippen molar-refractivity contribution in [1.29, 1.82) is 0 Å². The molecule has 0 spiro atoms. The van der Waals surface area contributed by atoms with Crippen molar-refractivity contribution < 1.29 is 23.8 Å². The Balaban J connectivity index is 1.83. The van der Waals surface area contributed by atoms with Gasteiger partial charge in [-0.15, -0.1) is 0 Å². The van der Waals surface area contributed by atoms with Gasteiger partial charge in [-0.3, -0.25) is 4.79 Å². The number of alkyl halides is 1. The van der Waals surface area contributed by atoms with Crippen LogP contribution in [0.1, 0.15) is 34.8 Å². The van der Waals surface area contributed by atoms with Crippen LogP contribution < -0.4 is 10.1 Å². The lowest BCUT2D eigenvalue weighted by Gasteiger charge is -2.32. The number of hydrogen-bond donors (Lipinski definition) is 2. The maximum atomic E-state index is 13.9. The molecule has 40 heavy (non-hydrogen) atoms. The smallest absolute Gasteiger partial charge is 0.252 e. The Morgan fingerprint density at radius 2 is 1.88 bits per heavy atom. The first-order valence-electron chi connectivity index (χ1n) is 12.8. The van der Waals surface area contributed by atoms with E-state index in [4.69, 9.17) is 25.1 Å². The zero-order chi connectivity index (χ0) is 28.4. The van der Waals surface area contributed by atoms with Crippen molar-refractivity contribution in [2.24, 2.45) is 10.1 Å². The number of azide groups is 1. The standard InChI is InChI=1S/C29H29BrFN5O4/c30-25-9-4-2-6-21(25)18-29(28(38)33-15-14-31)26(24-8-3-1-7-22(24)19-34-36-32)40-27(35-29)20-10-12-23(13-11-20)39-17-5-16-37/h1-4,6-13,26,37H,5,14-19H2,(H,33,38)/t26-,29-/m1/s1. The van der Waals surface area contributed by atoms with E-state index in [0.717, 1.165) is 10.0 Å². The molecule has 208 valence electrons. The van der Waals surface area contributed by atoms with Crippen molar-refractivity contribution in [3.05, 3.63) is 110 Å². The minimum atomic E-state index is -1.50. The molecule has 3 aromatic rings. The van der Waals surface area contributed by atoms with Crippen LogP contribution in [0.15, 0.2) is 87.4 Å². The number of rotatable bonds is 13. The summed E-state index contributed by atoms with van der Waals surface area (Å²) in [5.41, 5.74) is 10.2. The fraction of sp³-hybridized carbons (Fsp3) is 0.310. The topological polar surface area (TPSA) is 129 Å². The van der Waals surface area contributed by atoms with Gasteiger partial charge in [0, 0.05) is 40.9 Å². The van der Waals surface area contributed by atoms with E-state index in [-0.39, 0.29) is 32.0 Å². The predicted molar refractivity (Wildman–Crippen MR) is 153 cm³/mol. The summed E-state index contributed by atoms with van der Waals surface area (Å²) in [7, 11) is 0. The molecule has 2 N–H and O–H groups in total. The molecule has 4 rings (SSSR count). The molecule has 1 aliphatic rings. The number of aliphatic hydroxyl groups is 1. The van der Waals surface area contributed by atoms with Crippen LogP contribution >= 0.6 is 15.9 Å². The predicted octanol–water partition coefficient (Wildman–Crippen LogP) is 5.61. The zero-order valence-electron chi connectivity index (χ0n) is 21.7. The van der Waals surface area contributed by atoms with Crippen molar-refractivity contribution in [1.82, 2.24) is 5.32 Å². The van der Waals surface area contributed by atoms with Gasteiger partial charge in [0.2, 0.25) is 5.90 Å². The number of benzene rings is 3. The van der Waals surface area contributed by atoms with Gasteiger partial charge in [0.25, 0.3) is 5.91 Å². The van der Waals surface area contributed by atoms with Gasteiger partial charge in [-0.05, 0) is 52.6 Å². The van der Waals surface area contributed by atoms with Gasteiger partial charge >= 0.3 is 0 Å². The van der Waals surface area contributed by atoms with Gasteiger partial charge in [-0.1, -0.05) is 63.5 Å². The lowest BCUT2D eigenvalue weighted by atomic mass is 9.80. The molecule has 1 amide bonds. The number of hydrogen-bond acceptors (Lipinski definition) is 6. The summed E-state index contributed by atoms with van der Waals surface area (Å²) in [5, 5.41) is 15.4. The number of nitrogens with zero attached hydrogens (tertiary/aromatic N) is 4. The van der Waals surface area contributed by atoms with Gasteiger partial charge in [0.15, 0.2) is 11.6 Å². The fourth-order valence-corrected chi connectivity index (χ4v) is 4.97. The highest BCUT2D eigenvalue weighted by atomic mass is 79.9. The summed E-state index contributed by atoms with van der Waals surface area (Å²) >= 11 is 3.58. The van der Waals surface area contributed by atoms with Crippen molar-refractivity contribution in [3.63, 3.8) is 0 Å². The highest BCUT2D eigenvalue weighted by Gasteiger charge is 2.53. The van der Waals surface area contributed by atoms with Crippen molar-refractivity contribution in [3.8, 4) is 5.75 Å². The summed E-state index contributed by atoms with van der Waals surface area (Å²) in [6.07, 6.45) is -0.237. The van der Waals surface area contributed by atoms with E-state index in [0.29, 0.717) is 35.5 Å². The molecule has 0 saturated carbocycles. The number of aliphatic hydroxyl groups excluding tert-OH is 1. The molecule has 0 saturated heterocycles. The van der Waals surface area contributed by atoms with Crippen LogP contribution in [0, 0.1) is 0 Å². The van der Waals surface area contributed by atoms with E-state index >= 15 is 0 Å². The number of aliphatic imine (C=N–C) groups is 1. The summed E-state index contributed by atoms with van der Waals surface area (Å²) in [6.45, 7) is -0.437. The second kappa shape index (κ2) is 13.9. The average Bonchev–Trinajstić information content (AvgIpc) is 3.37. The number of carbonyl (C=O) groups is 1. The van der Waals surface area contributed by atoms with E-state index in [1.165, 1.54) is 0 Å². The van der Waals surface area contributed by atoms with Gasteiger partial charge in [-0.25, -0.2) is 9.38 Å². The average molecular weight is 610 g/mol. The zero-order valence-corrected chi connectivity index (χ0v) is 23.3. The fourth-order valence-electron chi connectivity index (χ4n) is 4.55. The molecular formula is C29H29BrFN5O4. The molecular weight excluding hydrogens is 581 g/mol. The maximum Gasteiger partial charge on any atom is 0.252 e. The van der Waals surface area contributed by atoms with Crippen LogP contribution in [0.25, 0.3) is 10.4 Å². The first-order chi connectivity index (χ1) is 19.5. The van der Waals surface area contributed by atoms with Gasteiger partial charge < -0.3 is 19.9 Å². The summed E-state index contributed by atoms with van der Waals surface area (Å²) < 4.78 is 26.1. The van der Waals surface area contributed by atoms with Gasteiger partial charge in [-0.2, -0.15) is 0 Å². The third-order valence-electron chi connectivity index (χ3n) is 6.47. The highest BCUT2D eigenvalue weighted by molar-refractivity contribution is 9.10. The highest BCUT2D eigenvalue weighted by Crippen LogP contribution is 2.44. The van der Waals surface area contributed by atoms with Crippen LogP contribution in [0.4, 0.5) is 4.39 Å². The lowest BCUT2D eigenvalue weighted by Crippen LogP contribution is -2.50. The van der Waals surface area contributed by atoms with E-state index in [9.17, 15) is 9.18 Å². The Kier molecular flexibility index (Phi) is 10.1. The normalized spacial score (nSPS) is 17.9. The summed E-state index contributed by atoms with van der Waals surface area (Å²) in [5.74, 6) is 0.378. The second-order valence-electron chi connectivity index (χ2n) is 9.09. The van der Waals surface area contributed by atoms with Crippen LogP contribution in [0.2, 0.25) is 0 Å². The second-order valence-corrected chi connectivity index (χ2v) is 9.94. The van der Waals surface area contributed by atoms with E-state index in [1.54, 1.807) is 24.3 Å². The van der Waals surface area contributed by atoms with Crippen molar-refractivity contribution in [2.45, 2.75) is 31.0 Å². The molecule has 0 fully saturated rings. The van der Waals surface area contributed by atoms with E-state index < -0.39 is 24.2 Å². The molecule has 11 heteroatoms. The van der Waals surface area contributed by atoms with Gasteiger partial charge in [0.05, 0.1) is 13.2 Å². The molecule has 1 heterocycles. The summed E-state index contributed by atoms with van der Waals surface area (Å²) in [4.78, 5) is 21.7. The lowest BCUT2D eigenvalue weighted by molar-refractivity contribution is -0.129. The molecule has 0 aliphatic carbocycles. The molecule has 9 nitrogen and oxygen atoms in total. The third-order valence-corrected chi connectivity index (χ3v) is 7.24. The molecule has 0 unspecified atom stereocenters. The first kappa shape index (κ1) is 29.1. The third kappa shape index (κ3) is 6.62. The SMILES string of the molecule is [N-]=[N+]=NCc1ccccc1[C@H]1OC(c2ccc(OCCCO)cc2)=N[C@@]1(Cc1ccccc1Br)C(=O)NCCF. The van der Waals surface area contributed by atoms with E-state index in [1.807, 2.05) is 48.5 Å². The molecule has 3 aromatic carbocycles. The minimum absolute atomic E-state index is 0.0371. The number of carbonyl (C=O) groups excluding carboxylic acids is 1. The quantitative estimate of drug-likeness (QED) is 0.113. The summed E-state index contributed by atoms with van der Waals surface area (Å²) in [6, 6.07) is 21.9. The Morgan fingerprint density at radius 1 is 1.15 bits per heavy atom. The monoisotopic (exact) mass is 609 g/mol. The first-order valence-corrected chi connectivity index (χ1v) is 13.6. The Hall–Kier alpha value is -3.92. The maximum absolute atomic E-state index is 13.9. The van der Waals surface area contributed by atoms with Crippen LogP contribution in [0.3, 0.4) is 0 Å². The number of nitrogens with one attached hydrogen (secondary N) is 1. The Morgan fingerprint density at radius 3 is 2.58 bits per heavy atom. The number of amides is 1. The number of ether oxygens (including phenoxy) is 2. The molecule has 1 aliphatic heterocycles. The van der Waals surface area contributed by atoms with Crippen LogP contribution in [-0.4, -0.2) is 48.9 Å². The molecule has 2 atom stereocenters. The van der Waals surface area contributed by atoms with Crippen LogP contribution in [0.5, 0.6) is 5.75 Å². The Bertz CT molecular complexity index is 1400. The van der Waals surface area contributed by atoms with E-state index in [2.05, 4.69) is 31.3 Å². The van der Waals surface area contributed by atoms with Crippen molar-refractivity contribution >= 4 is 27.7 Å². The van der Waals surface area contributed by atoms with Crippen molar-refractivity contribution in [2.75, 3.05) is 26.4 Å². The van der Waals surface area contributed by atoms with Gasteiger partial charge in [0.1, 0.15) is 12.4 Å². The molecule has 0 aromatic heterocycles. The van der Waals surface area contributed by atoms with Crippen LogP contribution in [-0.2, 0) is 22.5 Å². The number of halogens is 2. The Labute approximate surface area is 239 Å². The molecule has 0 radical (unpaired) electrons. The largest absolute Gasteiger partial charge is 0.494 e. The minimum Gasteiger partial charge on any atom is -0.494 e.